The number of ketones is 1. The largest absolute Gasteiger partial charge is 0.482 e. The van der Waals surface area contributed by atoms with Crippen LogP contribution < -0.4 is 14.4 Å². The molecule has 0 aliphatic carbocycles. The van der Waals surface area contributed by atoms with E-state index in [9.17, 15) is 9.59 Å². The van der Waals surface area contributed by atoms with Crippen molar-refractivity contribution < 1.29 is 23.8 Å². The molecule has 1 aliphatic rings. The molecule has 0 saturated heterocycles. The van der Waals surface area contributed by atoms with Gasteiger partial charge < -0.3 is 19.1 Å². The first-order valence-electron chi connectivity index (χ1n) is 10.5. The van der Waals surface area contributed by atoms with Gasteiger partial charge in [-0.1, -0.05) is 12.1 Å². The highest BCUT2D eigenvalue weighted by molar-refractivity contribution is 6.14. The number of Topliss-reactive ketones (excluding diaryl/α,β-unsaturated/α-hetero) is 1. The second-order valence-corrected chi connectivity index (χ2v) is 8.24. The van der Waals surface area contributed by atoms with Crippen molar-refractivity contribution in [3.63, 3.8) is 0 Å². The molecular formula is C25H29NO5. The minimum Gasteiger partial charge on any atom is -0.482 e. The van der Waals surface area contributed by atoms with Crippen LogP contribution in [0.5, 0.6) is 11.5 Å². The Balaban J connectivity index is 1.69. The zero-order chi connectivity index (χ0) is 22.6. The Hall–Kier alpha value is -3.28. The van der Waals surface area contributed by atoms with E-state index in [1.54, 1.807) is 45.0 Å². The zero-order valence-electron chi connectivity index (χ0n) is 18.7. The summed E-state index contributed by atoms with van der Waals surface area (Å²) < 4.78 is 16.5. The second-order valence-electron chi connectivity index (χ2n) is 8.24. The summed E-state index contributed by atoms with van der Waals surface area (Å²) in [5.41, 5.74) is 1.92. The lowest BCUT2D eigenvalue weighted by molar-refractivity contribution is -0.157. The number of ether oxygens (including phenoxy) is 3. The van der Waals surface area contributed by atoms with E-state index in [4.69, 9.17) is 14.2 Å². The molecule has 164 valence electrons. The van der Waals surface area contributed by atoms with Crippen molar-refractivity contribution in [1.29, 1.82) is 0 Å². The van der Waals surface area contributed by atoms with Crippen LogP contribution in [-0.4, -0.2) is 37.0 Å². The molecule has 0 saturated carbocycles. The molecule has 0 fully saturated rings. The Morgan fingerprint density at radius 1 is 1.06 bits per heavy atom. The molecule has 2 aromatic carbocycles. The van der Waals surface area contributed by atoms with E-state index in [1.165, 1.54) is 0 Å². The number of allylic oxidation sites excluding steroid dienone is 1. The van der Waals surface area contributed by atoms with Gasteiger partial charge in [-0.25, -0.2) is 4.79 Å². The molecule has 0 bridgehead atoms. The Kier molecular flexibility index (Phi) is 6.68. The van der Waals surface area contributed by atoms with Crippen LogP contribution in [0.25, 0.3) is 6.08 Å². The summed E-state index contributed by atoms with van der Waals surface area (Å²) in [5, 5.41) is 0. The molecule has 0 spiro atoms. The molecule has 0 amide bonds. The summed E-state index contributed by atoms with van der Waals surface area (Å²) in [5.74, 6) is 0.468. The number of hydrogen-bond acceptors (Lipinski definition) is 6. The monoisotopic (exact) mass is 423 g/mol. The molecule has 1 heterocycles. The smallest absolute Gasteiger partial charge is 0.344 e. The van der Waals surface area contributed by atoms with Gasteiger partial charge in [-0.05, 0) is 70.5 Å². The second kappa shape index (κ2) is 9.25. The number of carbonyl (C=O) groups is 2. The SMILES string of the molecule is CCN(CC)c1ccc(/C=C2\Oc3cc(OCC(=O)OC(C)(C)C)ccc3C2=O)cc1. The molecular weight excluding hydrogens is 394 g/mol. The van der Waals surface area contributed by atoms with Crippen molar-refractivity contribution in [3.05, 3.63) is 59.4 Å². The lowest BCUT2D eigenvalue weighted by atomic mass is 10.1. The number of esters is 1. The molecule has 6 heteroatoms. The first kappa shape index (κ1) is 22.4. The summed E-state index contributed by atoms with van der Waals surface area (Å²) in [4.78, 5) is 26.8. The van der Waals surface area contributed by atoms with Gasteiger partial charge in [0.2, 0.25) is 5.78 Å². The maximum absolute atomic E-state index is 12.7. The van der Waals surface area contributed by atoms with E-state index in [2.05, 4.69) is 18.7 Å². The van der Waals surface area contributed by atoms with E-state index in [-0.39, 0.29) is 18.1 Å². The number of carbonyl (C=O) groups excluding carboxylic acids is 2. The third-order valence-corrected chi connectivity index (χ3v) is 4.74. The summed E-state index contributed by atoms with van der Waals surface area (Å²) in [6.45, 7) is 11.3. The number of hydrogen-bond donors (Lipinski definition) is 0. The molecule has 0 N–H and O–H groups in total. The Morgan fingerprint density at radius 3 is 2.35 bits per heavy atom. The molecule has 2 aromatic rings. The van der Waals surface area contributed by atoms with Crippen LogP contribution in [-0.2, 0) is 9.53 Å². The van der Waals surface area contributed by atoms with Crippen LogP contribution in [0.4, 0.5) is 5.69 Å². The van der Waals surface area contributed by atoms with Gasteiger partial charge in [0.25, 0.3) is 0 Å². The van der Waals surface area contributed by atoms with Crippen molar-refractivity contribution >= 4 is 23.5 Å². The number of benzene rings is 2. The molecule has 31 heavy (non-hydrogen) atoms. The van der Waals surface area contributed by atoms with E-state index in [0.29, 0.717) is 17.1 Å². The standard InChI is InChI=1S/C25H29NO5/c1-6-26(7-2)18-10-8-17(9-11-18)14-22-24(28)20-13-12-19(15-21(20)30-22)29-16-23(27)31-25(3,4)5/h8-15H,6-7,16H2,1-5H3/b22-14-. The van der Waals surface area contributed by atoms with E-state index >= 15 is 0 Å². The first-order valence-corrected chi connectivity index (χ1v) is 10.5. The molecule has 1 aliphatic heterocycles. The minimum absolute atomic E-state index is 0.179. The third kappa shape index (κ3) is 5.66. The third-order valence-electron chi connectivity index (χ3n) is 4.74. The highest BCUT2D eigenvalue weighted by atomic mass is 16.6. The summed E-state index contributed by atoms with van der Waals surface area (Å²) >= 11 is 0. The summed E-state index contributed by atoms with van der Waals surface area (Å²) in [6, 6.07) is 12.9. The van der Waals surface area contributed by atoms with E-state index in [1.807, 2.05) is 24.3 Å². The normalized spacial score (nSPS) is 14.2. The predicted molar refractivity (Wildman–Crippen MR) is 121 cm³/mol. The predicted octanol–water partition coefficient (Wildman–Crippen LogP) is 4.87. The average Bonchev–Trinajstić information content (AvgIpc) is 3.02. The molecule has 0 atom stereocenters. The van der Waals surface area contributed by atoms with Crippen molar-refractivity contribution in [2.24, 2.45) is 0 Å². The Labute approximate surface area is 183 Å². The average molecular weight is 424 g/mol. The number of fused-ring (bicyclic) bond motifs is 1. The van der Waals surface area contributed by atoms with Crippen LogP contribution in [0.15, 0.2) is 48.2 Å². The van der Waals surface area contributed by atoms with E-state index in [0.717, 1.165) is 24.3 Å². The van der Waals surface area contributed by atoms with Gasteiger partial charge in [-0.2, -0.15) is 0 Å². The van der Waals surface area contributed by atoms with Gasteiger partial charge in [0, 0.05) is 24.8 Å². The van der Waals surface area contributed by atoms with Crippen molar-refractivity contribution in [1.82, 2.24) is 0 Å². The minimum atomic E-state index is -0.572. The number of rotatable bonds is 7. The van der Waals surface area contributed by atoms with Gasteiger partial charge in [0.05, 0.1) is 5.56 Å². The Morgan fingerprint density at radius 2 is 1.74 bits per heavy atom. The van der Waals surface area contributed by atoms with Crippen molar-refractivity contribution in [3.8, 4) is 11.5 Å². The fraction of sp³-hybridized carbons (Fsp3) is 0.360. The zero-order valence-corrected chi connectivity index (χ0v) is 18.7. The number of anilines is 1. The van der Waals surface area contributed by atoms with Crippen LogP contribution >= 0.6 is 0 Å². The molecule has 0 radical (unpaired) electrons. The lowest BCUT2D eigenvalue weighted by Gasteiger charge is -2.20. The van der Waals surface area contributed by atoms with Crippen LogP contribution in [0.2, 0.25) is 0 Å². The maximum Gasteiger partial charge on any atom is 0.344 e. The van der Waals surface area contributed by atoms with Crippen molar-refractivity contribution in [2.75, 3.05) is 24.6 Å². The number of nitrogens with zero attached hydrogens (tertiary/aromatic N) is 1. The van der Waals surface area contributed by atoms with Gasteiger partial charge in [-0.3, -0.25) is 4.79 Å². The van der Waals surface area contributed by atoms with Crippen LogP contribution in [0, 0.1) is 0 Å². The van der Waals surface area contributed by atoms with Gasteiger partial charge in [0.1, 0.15) is 17.1 Å². The van der Waals surface area contributed by atoms with Crippen LogP contribution in [0.1, 0.15) is 50.5 Å². The quantitative estimate of drug-likeness (QED) is 0.468. The van der Waals surface area contributed by atoms with Gasteiger partial charge in [-0.15, -0.1) is 0 Å². The van der Waals surface area contributed by atoms with Crippen molar-refractivity contribution in [2.45, 2.75) is 40.2 Å². The van der Waals surface area contributed by atoms with Gasteiger partial charge >= 0.3 is 5.97 Å². The molecule has 0 aromatic heterocycles. The topological polar surface area (TPSA) is 65.1 Å². The highest BCUT2D eigenvalue weighted by Crippen LogP contribution is 2.35. The van der Waals surface area contributed by atoms with Gasteiger partial charge in [0.15, 0.2) is 12.4 Å². The van der Waals surface area contributed by atoms with Crippen LogP contribution in [0.3, 0.4) is 0 Å². The highest BCUT2D eigenvalue weighted by Gasteiger charge is 2.28. The Bertz CT molecular complexity index is 982. The molecule has 0 unspecified atom stereocenters. The van der Waals surface area contributed by atoms with E-state index < -0.39 is 11.6 Å². The molecule has 6 nitrogen and oxygen atoms in total. The summed E-state index contributed by atoms with van der Waals surface area (Å²) in [7, 11) is 0. The lowest BCUT2D eigenvalue weighted by Crippen LogP contribution is -2.27. The summed E-state index contributed by atoms with van der Waals surface area (Å²) in [6.07, 6.45) is 1.73. The fourth-order valence-electron chi connectivity index (χ4n) is 3.29. The fourth-order valence-corrected chi connectivity index (χ4v) is 3.29. The first-order chi connectivity index (χ1) is 14.7. The maximum atomic E-state index is 12.7. The molecule has 3 rings (SSSR count).